The van der Waals surface area contributed by atoms with Gasteiger partial charge in [0.15, 0.2) is 0 Å². The van der Waals surface area contributed by atoms with E-state index in [9.17, 15) is 14.7 Å². The molecule has 0 spiro atoms. The number of halogens is 1. The molecule has 3 aromatic carbocycles. The molecule has 6 nitrogen and oxygen atoms in total. The standard InChI is InChI=1S/C27H26BrN3O3/c28-22-12-10-21(11-13-22)27(34)15-17-31(18-16-27)26(33)30-24-8-4-7-23(19-24)29-25(32)14-9-20-5-2-1-3-6-20/h1-14,19,34H,15-18H2,(H,29,32)(H,30,33)/b14-9+. The third-order valence-electron chi connectivity index (χ3n) is 5.87. The van der Waals surface area contributed by atoms with Crippen molar-refractivity contribution in [3.05, 3.63) is 101 Å². The Morgan fingerprint density at radius 2 is 1.53 bits per heavy atom. The number of rotatable bonds is 5. The lowest BCUT2D eigenvalue weighted by atomic mass is 9.84. The lowest BCUT2D eigenvalue weighted by Gasteiger charge is -2.38. The van der Waals surface area contributed by atoms with Crippen LogP contribution in [0, 0.1) is 0 Å². The number of piperidine rings is 1. The summed E-state index contributed by atoms with van der Waals surface area (Å²) < 4.78 is 0.960. The molecule has 1 aliphatic rings. The molecule has 0 atom stereocenters. The molecule has 1 heterocycles. The summed E-state index contributed by atoms with van der Waals surface area (Å²) >= 11 is 3.41. The fourth-order valence-electron chi connectivity index (χ4n) is 3.93. The van der Waals surface area contributed by atoms with Crippen LogP contribution in [-0.4, -0.2) is 35.0 Å². The third kappa shape index (κ3) is 6.12. The summed E-state index contributed by atoms with van der Waals surface area (Å²) in [4.78, 5) is 26.7. The maximum atomic E-state index is 12.8. The van der Waals surface area contributed by atoms with Gasteiger partial charge < -0.3 is 20.6 Å². The highest BCUT2D eigenvalue weighted by Crippen LogP contribution is 2.33. The van der Waals surface area contributed by atoms with Gasteiger partial charge in [-0.05, 0) is 60.4 Å². The molecule has 0 aliphatic carbocycles. The second-order valence-electron chi connectivity index (χ2n) is 8.27. The minimum Gasteiger partial charge on any atom is -0.385 e. The van der Waals surface area contributed by atoms with Crippen LogP contribution < -0.4 is 10.6 Å². The van der Waals surface area contributed by atoms with Crippen molar-refractivity contribution in [1.29, 1.82) is 0 Å². The summed E-state index contributed by atoms with van der Waals surface area (Å²) in [5.41, 5.74) is 2.04. The van der Waals surface area contributed by atoms with Gasteiger partial charge in [-0.3, -0.25) is 4.79 Å². The van der Waals surface area contributed by atoms with Gasteiger partial charge in [0.1, 0.15) is 0 Å². The monoisotopic (exact) mass is 519 g/mol. The Labute approximate surface area is 207 Å². The SMILES string of the molecule is O=C(/C=C/c1ccccc1)Nc1cccc(NC(=O)N2CCC(O)(c3ccc(Br)cc3)CC2)c1. The molecule has 0 unspecified atom stereocenters. The first-order valence-electron chi connectivity index (χ1n) is 11.1. The lowest BCUT2D eigenvalue weighted by Crippen LogP contribution is -2.46. The normalized spacial score (nSPS) is 15.2. The van der Waals surface area contributed by atoms with Gasteiger partial charge in [0.05, 0.1) is 5.60 Å². The number of nitrogens with one attached hydrogen (secondary N) is 2. The molecular formula is C27H26BrN3O3. The summed E-state index contributed by atoms with van der Waals surface area (Å²) in [6, 6.07) is 24.0. The first-order valence-corrected chi connectivity index (χ1v) is 11.9. The minimum atomic E-state index is -0.936. The summed E-state index contributed by atoms with van der Waals surface area (Å²) in [6.45, 7) is 0.887. The fraction of sp³-hybridized carbons (Fsp3) is 0.185. The van der Waals surface area contributed by atoms with Crippen LogP contribution in [0.25, 0.3) is 6.08 Å². The maximum Gasteiger partial charge on any atom is 0.321 e. The van der Waals surface area contributed by atoms with Crippen LogP contribution in [0.15, 0.2) is 89.4 Å². The lowest BCUT2D eigenvalue weighted by molar-refractivity contribution is -0.111. The van der Waals surface area contributed by atoms with Crippen molar-refractivity contribution in [2.24, 2.45) is 0 Å². The Morgan fingerprint density at radius 1 is 0.882 bits per heavy atom. The molecule has 174 valence electrons. The topological polar surface area (TPSA) is 81.7 Å². The van der Waals surface area contributed by atoms with Crippen molar-refractivity contribution in [1.82, 2.24) is 4.90 Å². The van der Waals surface area contributed by atoms with Crippen molar-refractivity contribution >= 4 is 45.3 Å². The van der Waals surface area contributed by atoms with Gasteiger partial charge in [0.25, 0.3) is 0 Å². The van der Waals surface area contributed by atoms with Gasteiger partial charge in [-0.1, -0.05) is 64.5 Å². The quantitative estimate of drug-likeness (QED) is 0.382. The Kier molecular flexibility index (Phi) is 7.45. The summed E-state index contributed by atoms with van der Waals surface area (Å²) in [5.74, 6) is -0.254. The summed E-state index contributed by atoms with van der Waals surface area (Å²) in [7, 11) is 0. The van der Waals surface area contributed by atoms with Crippen LogP contribution in [0.4, 0.5) is 16.2 Å². The molecule has 7 heteroatoms. The highest BCUT2D eigenvalue weighted by Gasteiger charge is 2.35. The van der Waals surface area contributed by atoms with E-state index in [1.54, 1.807) is 35.2 Å². The molecule has 3 amide bonds. The molecule has 3 N–H and O–H groups in total. The largest absolute Gasteiger partial charge is 0.385 e. The van der Waals surface area contributed by atoms with Crippen molar-refractivity contribution in [3.8, 4) is 0 Å². The predicted octanol–water partition coefficient (Wildman–Crippen LogP) is 5.62. The van der Waals surface area contributed by atoms with Gasteiger partial charge in [-0.15, -0.1) is 0 Å². The number of nitrogens with zero attached hydrogens (tertiary/aromatic N) is 1. The highest BCUT2D eigenvalue weighted by atomic mass is 79.9. The number of benzene rings is 3. The number of aliphatic hydroxyl groups is 1. The molecule has 0 bridgehead atoms. The average molecular weight is 520 g/mol. The molecule has 1 aliphatic heterocycles. The first-order chi connectivity index (χ1) is 16.4. The number of amides is 3. The van der Waals surface area contributed by atoms with Crippen LogP contribution in [0.3, 0.4) is 0 Å². The van der Waals surface area contributed by atoms with Gasteiger partial charge >= 0.3 is 6.03 Å². The van der Waals surface area contributed by atoms with E-state index in [1.165, 1.54) is 6.08 Å². The molecule has 1 saturated heterocycles. The van der Waals surface area contributed by atoms with E-state index in [0.717, 1.165) is 15.6 Å². The Morgan fingerprint density at radius 3 is 2.21 bits per heavy atom. The van der Waals surface area contributed by atoms with Gasteiger partial charge in [-0.25, -0.2) is 4.79 Å². The highest BCUT2D eigenvalue weighted by molar-refractivity contribution is 9.10. The Hall–Kier alpha value is -3.42. The molecule has 3 aromatic rings. The number of carbonyl (C=O) groups is 2. The number of hydrogen-bond donors (Lipinski definition) is 3. The second kappa shape index (κ2) is 10.7. The molecule has 0 radical (unpaired) electrons. The zero-order valence-corrected chi connectivity index (χ0v) is 20.2. The third-order valence-corrected chi connectivity index (χ3v) is 6.40. The van der Waals surface area contributed by atoms with Crippen LogP contribution in [0.2, 0.25) is 0 Å². The number of carbonyl (C=O) groups excluding carboxylic acids is 2. The molecule has 4 rings (SSSR count). The smallest absolute Gasteiger partial charge is 0.321 e. The van der Waals surface area contributed by atoms with E-state index < -0.39 is 5.60 Å². The van der Waals surface area contributed by atoms with Crippen molar-refractivity contribution in [2.75, 3.05) is 23.7 Å². The molecule has 0 aromatic heterocycles. The molecular weight excluding hydrogens is 494 g/mol. The van der Waals surface area contributed by atoms with E-state index in [4.69, 9.17) is 0 Å². The molecule has 0 saturated carbocycles. The number of anilines is 2. The fourth-order valence-corrected chi connectivity index (χ4v) is 4.19. The van der Waals surface area contributed by atoms with Crippen LogP contribution >= 0.6 is 15.9 Å². The van der Waals surface area contributed by atoms with Crippen molar-refractivity contribution < 1.29 is 14.7 Å². The van der Waals surface area contributed by atoms with Gasteiger partial charge in [0, 0.05) is 35.0 Å². The molecule has 34 heavy (non-hydrogen) atoms. The Balaban J connectivity index is 1.31. The average Bonchev–Trinajstić information content (AvgIpc) is 2.84. The van der Waals surface area contributed by atoms with Crippen LogP contribution in [-0.2, 0) is 10.4 Å². The van der Waals surface area contributed by atoms with E-state index >= 15 is 0 Å². The zero-order chi connectivity index (χ0) is 24.0. The van der Waals surface area contributed by atoms with Gasteiger partial charge in [-0.2, -0.15) is 0 Å². The minimum absolute atomic E-state index is 0.231. The summed E-state index contributed by atoms with van der Waals surface area (Å²) in [6.07, 6.45) is 4.14. The van der Waals surface area contributed by atoms with Crippen molar-refractivity contribution in [3.63, 3.8) is 0 Å². The summed E-state index contributed by atoms with van der Waals surface area (Å²) in [5, 5.41) is 16.7. The van der Waals surface area contributed by atoms with Crippen LogP contribution in [0.5, 0.6) is 0 Å². The van der Waals surface area contributed by atoms with Crippen LogP contribution in [0.1, 0.15) is 24.0 Å². The zero-order valence-electron chi connectivity index (χ0n) is 18.6. The number of hydrogen-bond acceptors (Lipinski definition) is 3. The van der Waals surface area contributed by atoms with E-state index in [0.29, 0.717) is 37.3 Å². The van der Waals surface area contributed by atoms with E-state index in [2.05, 4.69) is 26.6 Å². The van der Waals surface area contributed by atoms with E-state index in [-0.39, 0.29) is 11.9 Å². The van der Waals surface area contributed by atoms with Gasteiger partial charge in [0.2, 0.25) is 5.91 Å². The predicted molar refractivity (Wildman–Crippen MR) is 138 cm³/mol. The van der Waals surface area contributed by atoms with Crippen molar-refractivity contribution in [2.45, 2.75) is 18.4 Å². The number of likely N-dealkylation sites (tertiary alicyclic amines) is 1. The first kappa shape index (κ1) is 23.7. The maximum absolute atomic E-state index is 12.8. The molecule has 1 fully saturated rings. The second-order valence-corrected chi connectivity index (χ2v) is 9.19. The van der Waals surface area contributed by atoms with E-state index in [1.807, 2.05) is 54.6 Å². The Bertz CT molecular complexity index is 1170. The number of urea groups is 1.